The van der Waals surface area contributed by atoms with Gasteiger partial charge in [0.05, 0.1) is 5.39 Å². The Morgan fingerprint density at radius 2 is 2.24 bits per heavy atom. The minimum Gasteiger partial charge on any atom is -0.330 e. The molecule has 2 aromatic rings. The highest BCUT2D eigenvalue weighted by molar-refractivity contribution is 7.99. The van der Waals surface area contributed by atoms with Gasteiger partial charge in [-0.25, -0.2) is 4.98 Å². The lowest BCUT2D eigenvalue weighted by Crippen LogP contribution is -2.09. The van der Waals surface area contributed by atoms with Crippen LogP contribution in [0.4, 0.5) is 0 Å². The monoisotopic (exact) mass is 269 g/mol. The van der Waals surface area contributed by atoms with Crippen LogP contribution in [0.25, 0.3) is 10.2 Å². The van der Waals surface area contributed by atoms with Crippen molar-refractivity contribution in [3.63, 3.8) is 0 Å². The molecule has 3 N–H and O–H groups in total. The second-order valence-corrected chi connectivity index (χ2v) is 6.11. The van der Waals surface area contributed by atoms with E-state index >= 15 is 0 Å². The molecule has 2 aromatic heterocycles. The first-order valence-electron chi connectivity index (χ1n) is 5.46. The van der Waals surface area contributed by atoms with E-state index in [4.69, 9.17) is 5.73 Å². The number of thiophene rings is 1. The summed E-state index contributed by atoms with van der Waals surface area (Å²) in [5.74, 6) is 0.883. The largest absolute Gasteiger partial charge is 0.330 e. The summed E-state index contributed by atoms with van der Waals surface area (Å²) in [7, 11) is 0. The van der Waals surface area contributed by atoms with Crippen molar-refractivity contribution >= 4 is 33.3 Å². The third-order valence-corrected chi connectivity index (χ3v) is 4.67. The van der Waals surface area contributed by atoms with E-state index in [1.165, 1.54) is 0 Å². The van der Waals surface area contributed by atoms with Crippen LogP contribution in [0.5, 0.6) is 0 Å². The maximum Gasteiger partial charge on any atom is 0.260 e. The van der Waals surface area contributed by atoms with Gasteiger partial charge in [-0.05, 0) is 32.4 Å². The lowest BCUT2D eigenvalue weighted by Gasteiger charge is -1.99. The van der Waals surface area contributed by atoms with Gasteiger partial charge in [-0.3, -0.25) is 4.79 Å². The zero-order valence-corrected chi connectivity index (χ0v) is 11.5. The molecule has 0 atom stereocenters. The van der Waals surface area contributed by atoms with Gasteiger partial charge in [0.15, 0.2) is 5.16 Å². The molecule has 0 aliphatic rings. The number of rotatable bonds is 4. The van der Waals surface area contributed by atoms with E-state index in [2.05, 4.69) is 9.97 Å². The zero-order chi connectivity index (χ0) is 12.4. The molecular weight excluding hydrogens is 254 g/mol. The fourth-order valence-electron chi connectivity index (χ4n) is 1.56. The molecule has 0 spiro atoms. The number of aromatic nitrogens is 2. The summed E-state index contributed by atoms with van der Waals surface area (Å²) in [4.78, 5) is 21.2. The molecule has 0 saturated heterocycles. The molecule has 92 valence electrons. The van der Waals surface area contributed by atoms with E-state index in [1.54, 1.807) is 23.1 Å². The summed E-state index contributed by atoms with van der Waals surface area (Å²) in [5.41, 5.74) is 6.44. The quantitative estimate of drug-likeness (QED) is 0.506. The number of nitrogens with two attached hydrogens (primary N) is 1. The minimum absolute atomic E-state index is 0.0351. The molecule has 0 aliphatic heterocycles. The van der Waals surface area contributed by atoms with Gasteiger partial charge in [0.1, 0.15) is 4.83 Å². The fraction of sp³-hybridized carbons (Fsp3) is 0.455. The van der Waals surface area contributed by atoms with Crippen LogP contribution < -0.4 is 11.3 Å². The third kappa shape index (κ3) is 2.53. The Balaban J connectivity index is 2.39. The van der Waals surface area contributed by atoms with Crippen LogP contribution in [-0.4, -0.2) is 22.3 Å². The number of aryl methyl sites for hydroxylation is 2. The zero-order valence-electron chi connectivity index (χ0n) is 9.87. The van der Waals surface area contributed by atoms with Crippen LogP contribution in [0.15, 0.2) is 9.95 Å². The van der Waals surface area contributed by atoms with Crippen molar-refractivity contribution in [3.05, 3.63) is 20.8 Å². The first-order valence-corrected chi connectivity index (χ1v) is 7.26. The first-order chi connectivity index (χ1) is 8.13. The van der Waals surface area contributed by atoms with E-state index in [1.807, 2.05) is 13.8 Å². The minimum atomic E-state index is -0.0351. The van der Waals surface area contributed by atoms with Crippen molar-refractivity contribution in [2.75, 3.05) is 12.3 Å². The maximum atomic E-state index is 11.9. The topological polar surface area (TPSA) is 71.8 Å². The molecule has 2 rings (SSSR count). The Morgan fingerprint density at radius 1 is 1.47 bits per heavy atom. The lowest BCUT2D eigenvalue weighted by atomic mass is 10.2. The van der Waals surface area contributed by atoms with E-state index in [0.717, 1.165) is 32.8 Å². The summed E-state index contributed by atoms with van der Waals surface area (Å²) < 4.78 is 0. The summed E-state index contributed by atoms with van der Waals surface area (Å²) in [5, 5.41) is 1.42. The van der Waals surface area contributed by atoms with E-state index < -0.39 is 0 Å². The predicted octanol–water partition coefficient (Wildman–Crippen LogP) is 2.04. The van der Waals surface area contributed by atoms with Crippen molar-refractivity contribution in [2.24, 2.45) is 5.73 Å². The van der Waals surface area contributed by atoms with Gasteiger partial charge in [-0.1, -0.05) is 11.8 Å². The van der Waals surface area contributed by atoms with Gasteiger partial charge in [-0.2, -0.15) is 0 Å². The third-order valence-electron chi connectivity index (χ3n) is 2.60. The Bertz CT molecular complexity index is 588. The maximum absolute atomic E-state index is 11.9. The van der Waals surface area contributed by atoms with Crippen LogP contribution in [0, 0.1) is 13.8 Å². The highest BCUT2D eigenvalue weighted by atomic mass is 32.2. The number of thioether (sulfide) groups is 1. The van der Waals surface area contributed by atoms with Gasteiger partial charge in [0, 0.05) is 10.6 Å². The van der Waals surface area contributed by atoms with Crippen LogP contribution in [0.3, 0.4) is 0 Å². The smallest absolute Gasteiger partial charge is 0.260 e. The molecule has 0 fully saturated rings. The van der Waals surface area contributed by atoms with Crippen LogP contribution in [-0.2, 0) is 0 Å². The number of aromatic amines is 1. The fourth-order valence-corrected chi connectivity index (χ4v) is 3.47. The molecule has 2 heterocycles. The van der Waals surface area contributed by atoms with E-state index in [9.17, 15) is 4.79 Å². The molecule has 0 bridgehead atoms. The summed E-state index contributed by atoms with van der Waals surface area (Å²) in [6.45, 7) is 4.64. The number of fused-ring (bicyclic) bond motifs is 1. The normalized spacial score (nSPS) is 11.2. The molecule has 4 nitrogen and oxygen atoms in total. The number of nitrogens with zero attached hydrogens (tertiary/aromatic N) is 1. The van der Waals surface area contributed by atoms with Crippen molar-refractivity contribution < 1.29 is 0 Å². The second kappa shape index (κ2) is 5.20. The van der Waals surface area contributed by atoms with Crippen LogP contribution >= 0.6 is 23.1 Å². The van der Waals surface area contributed by atoms with Gasteiger partial charge in [0.2, 0.25) is 0 Å². The summed E-state index contributed by atoms with van der Waals surface area (Å²) >= 11 is 3.13. The Morgan fingerprint density at radius 3 is 2.94 bits per heavy atom. The molecule has 0 aliphatic carbocycles. The van der Waals surface area contributed by atoms with Crippen LogP contribution in [0.2, 0.25) is 0 Å². The van der Waals surface area contributed by atoms with Gasteiger partial charge in [-0.15, -0.1) is 11.3 Å². The second-order valence-electron chi connectivity index (χ2n) is 3.83. The number of nitrogens with one attached hydrogen (secondary N) is 1. The van der Waals surface area contributed by atoms with Crippen molar-refractivity contribution in [1.82, 2.24) is 9.97 Å². The average molecular weight is 269 g/mol. The summed E-state index contributed by atoms with van der Waals surface area (Å²) in [6, 6.07) is 0. The molecule has 0 saturated carbocycles. The molecule has 17 heavy (non-hydrogen) atoms. The molecule has 0 radical (unpaired) electrons. The van der Waals surface area contributed by atoms with Crippen molar-refractivity contribution in [2.45, 2.75) is 25.4 Å². The molecule has 0 amide bonds. The Labute approximate surface area is 108 Å². The van der Waals surface area contributed by atoms with Crippen molar-refractivity contribution in [3.8, 4) is 0 Å². The molecule has 6 heteroatoms. The first kappa shape index (κ1) is 12.6. The Kier molecular flexibility index (Phi) is 3.86. The number of hydrogen-bond donors (Lipinski definition) is 2. The standard InChI is InChI=1S/C11H15N3OS2/c1-6-7(2)17-10-8(6)9(15)13-11(14-10)16-5-3-4-12/h3-5,12H2,1-2H3,(H,13,14,15). The van der Waals surface area contributed by atoms with Gasteiger partial charge >= 0.3 is 0 Å². The molecule has 0 aromatic carbocycles. The molecule has 0 unspecified atom stereocenters. The Hall–Kier alpha value is -0.850. The van der Waals surface area contributed by atoms with Crippen LogP contribution in [0.1, 0.15) is 16.9 Å². The highest BCUT2D eigenvalue weighted by Gasteiger charge is 2.11. The number of H-pyrrole nitrogens is 1. The number of hydrogen-bond acceptors (Lipinski definition) is 5. The van der Waals surface area contributed by atoms with Gasteiger partial charge in [0.25, 0.3) is 5.56 Å². The van der Waals surface area contributed by atoms with E-state index in [-0.39, 0.29) is 5.56 Å². The summed E-state index contributed by atoms with van der Waals surface area (Å²) in [6.07, 6.45) is 0.926. The highest BCUT2D eigenvalue weighted by Crippen LogP contribution is 2.27. The average Bonchev–Trinajstić information content (AvgIpc) is 2.55. The van der Waals surface area contributed by atoms with Crippen molar-refractivity contribution in [1.29, 1.82) is 0 Å². The molecular formula is C11H15N3OS2. The lowest BCUT2D eigenvalue weighted by molar-refractivity contribution is 0.929. The predicted molar refractivity (Wildman–Crippen MR) is 74.1 cm³/mol. The van der Waals surface area contributed by atoms with Gasteiger partial charge < -0.3 is 10.7 Å². The SMILES string of the molecule is Cc1sc2nc(SCCCN)[nH]c(=O)c2c1C. The van der Waals surface area contributed by atoms with E-state index in [0.29, 0.717) is 11.7 Å².